The Kier molecular flexibility index (Phi) is 6.02. The van der Waals surface area contributed by atoms with Crippen LogP contribution in [-0.4, -0.2) is 41.7 Å². The number of nitrogens with one attached hydrogen (secondary N) is 1. The molecule has 154 valence electrons. The number of aliphatic hydroxyl groups excluding tert-OH is 1. The van der Waals surface area contributed by atoms with Crippen LogP contribution in [0.4, 0.5) is 5.69 Å². The number of benzene rings is 2. The van der Waals surface area contributed by atoms with Gasteiger partial charge >= 0.3 is 0 Å². The standard InChI is InChI=1S/C22H24Cl2N2O3/c1-13(28)25-16-3-2-4-17(9-16)29-22-19-7-15(23)8-20(24)18(19)10-21(22)26-6-5-14(11-26)12-27/h2-4,7-9,14,21-22,27H,5-6,10-12H2,1H3,(H,25,28)/t14-,21+,22+/m1/s1. The van der Waals surface area contributed by atoms with Crippen LogP contribution < -0.4 is 10.1 Å². The molecule has 1 saturated heterocycles. The van der Waals surface area contributed by atoms with E-state index in [0.717, 1.165) is 37.1 Å². The molecule has 5 nitrogen and oxygen atoms in total. The van der Waals surface area contributed by atoms with Gasteiger partial charge in [-0.3, -0.25) is 9.69 Å². The Balaban J connectivity index is 1.65. The molecule has 0 bridgehead atoms. The molecule has 0 unspecified atom stereocenters. The highest BCUT2D eigenvalue weighted by Crippen LogP contribution is 2.43. The maximum absolute atomic E-state index is 11.4. The van der Waals surface area contributed by atoms with E-state index < -0.39 is 0 Å². The van der Waals surface area contributed by atoms with Gasteiger partial charge in [-0.1, -0.05) is 29.3 Å². The topological polar surface area (TPSA) is 61.8 Å². The Morgan fingerprint density at radius 1 is 1.31 bits per heavy atom. The molecule has 7 heteroatoms. The molecular weight excluding hydrogens is 411 g/mol. The lowest BCUT2D eigenvalue weighted by Gasteiger charge is -2.30. The largest absolute Gasteiger partial charge is 0.484 e. The number of carbonyl (C=O) groups excluding carboxylic acids is 1. The van der Waals surface area contributed by atoms with E-state index in [1.54, 1.807) is 6.07 Å². The summed E-state index contributed by atoms with van der Waals surface area (Å²) in [4.78, 5) is 13.8. The molecular formula is C22H24Cl2N2O3. The first-order valence-electron chi connectivity index (χ1n) is 9.81. The molecule has 1 fully saturated rings. The second-order valence-electron chi connectivity index (χ2n) is 7.81. The van der Waals surface area contributed by atoms with Crippen LogP contribution >= 0.6 is 23.2 Å². The first-order chi connectivity index (χ1) is 13.9. The number of nitrogens with zero attached hydrogens (tertiary/aromatic N) is 1. The second-order valence-corrected chi connectivity index (χ2v) is 8.65. The number of halogens is 2. The Morgan fingerprint density at radius 2 is 2.14 bits per heavy atom. The molecule has 1 aliphatic carbocycles. The summed E-state index contributed by atoms with van der Waals surface area (Å²) in [6.45, 7) is 3.44. The van der Waals surface area contributed by atoms with Crippen molar-refractivity contribution in [2.45, 2.75) is 31.9 Å². The van der Waals surface area contributed by atoms with E-state index >= 15 is 0 Å². The average Bonchev–Trinajstić information content (AvgIpc) is 3.27. The molecule has 1 aliphatic heterocycles. The van der Waals surface area contributed by atoms with E-state index in [9.17, 15) is 9.90 Å². The van der Waals surface area contributed by atoms with Crippen LogP contribution in [0, 0.1) is 5.92 Å². The third-order valence-electron chi connectivity index (χ3n) is 5.73. The number of rotatable bonds is 5. The molecule has 1 amide bonds. The van der Waals surface area contributed by atoms with Crippen LogP contribution in [0.3, 0.4) is 0 Å². The van der Waals surface area contributed by atoms with Gasteiger partial charge in [0.05, 0.1) is 6.04 Å². The minimum atomic E-state index is -0.230. The van der Waals surface area contributed by atoms with Crippen LogP contribution in [-0.2, 0) is 11.2 Å². The van der Waals surface area contributed by atoms with Crippen molar-refractivity contribution in [3.63, 3.8) is 0 Å². The lowest BCUT2D eigenvalue weighted by Crippen LogP contribution is -2.38. The Morgan fingerprint density at radius 3 is 2.86 bits per heavy atom. The van der Waals surface area contributed by atoms with Gasteiger partial charge in [-0.25, -0.2) is 0 Å². The highest BCUT2D eigenvalue weighted by Gasteiger charge is 2.41. The first kappa shape index (κ1) is 20.5. The zero-order valence-electron chi connectivity index (χ0n) is 16.2. The monoisotopic (exact) mass is 434 g/mol. The number of hydrogen-bond acceptors (Lipinski definition) is 4. The highest BCUT2D eigenvalue weighted by atomic mass is 35.5. The second kappa shape index (κ2) is 8.52. The van der Waals surface area contributed by atoms with Gasteiger partial charge in [0.1, 0.15) is 11.9 Å². The van der Waals surface area contributed by atoms with Crippen molar-refractivity contribution < 1.29 is 14.6 Å². The minimum Gasteiger partial charge on any atom is -0.484 e. The first-order valence-corrected chi connectivity index (χ1v) is 10.6. The molecule has 2 aliphatic rings. The molecule has 0 radical (unpaired) electrons. The number of aliphatic hydroxyl groups is 1. The van der Waals surface area contributed by atoms with E-state index in [1.807, 2.05) is 30.3 Å². The van der Waals surface area contributed by atoms with Crippen molar-refractivity contribution in [1.29, 1.82) is 0 Å². The fourth-order valence-electron chi connectivity index (χ4n) is 4.39. The summed E-state index contributed by atoms with van der Waals surface area (Å²) in [5.41, 5.74) is 2.76. The van der Waals surface area contributed by atoms with Gasteiger partial charge in [-0.2, -0.15) is 0 Å². The van der Waals surface area contributed by atoms with E-state index in [0.29, 0.717) is 27.4 Å². The number of ether oxygens (including phenoxy) is 1. The predicted octanol–water partition coefficient (Wildman–Crippen LogP) is 4.31. The average molecular weight is 435 g/mol. The molecule has 0 saturated carbocycles. The predicted molar refractivity (Wildman–Crippen MR) is 115 cm³/mol. The molecule has 29 heavy (non-hydrogen) atoms. The number of hydrogen-bond donors (Lipinski definition) is 2. The minimum absolute atomic E-state index is 0.113. The van der Waals surface area contributed by atoms with E-state index in [-0.39, 0.29) is 24.7 Å². The number of fused-ring (bicyclic) bond motifs is 1. The van der Waals surface area contributed by atoms with Crippen LogP contribution in [0.15, 0.2) is 36.4 Å². The van der Waals surface area contributed by atoms with Crippen LogP contribution in [0.1, 0.15) is 30.6 Å². The maximum atomic E-state index is 11.4. The van der Waals surface area contributed by atoms with Gasteiger partial charge in [0.15, 0.2) is 0 Å². The molecule has 4 rings (SSSR count). The smallest absolute Gasteiger partial charge is 0.221 e. The van der Waals surface area contributed by atoms with Crippen molar-refractivity contribution in [1.82, 2.24) is 4.90 Å². The number of likely N-dealkylation sites (tertiary alicyclic amines) is 1. The molecule has 0 spiro atoms. The molecule has 2 aromatic rings. The number of amides is 1. The summed E-state index contributed by atoms with van der Waals surface area (Å²) in [6, 6.07) is 11.2. The summed E-state index contributed by atoms with van der Waals surface area (Å²) in [5, 5.41) is 13.6. The summed E-state index contributed by atoms with van der Waals surface area (Å²) in [7, 11) is 0. The van der Waals surface area contributed by atoms with Crippen molar-refractivity contribution >= 4 is 34.8 Å². The molecule has 0 aromatic heterocycles. The van der Waals surface area contributed by atoms with E-state index in [4.69, 9.17) is 27.9 Å². The quantitative estimate of drug-likeness (QED) is 0.735. The molecule has 1 heterocycles. The van der Waals surface area contributed by atoms with Crippen LogP contribution in [0.2, 0.25) is 10.0 Å². The van der Waals surface area contributed by atoms with Crippen molar-refractivity contribution in [3.05, 3.63) is 57.6 Å². The van der Waals surface area contributed by atoms with Gasteiger partial charge in [0.25, 0.3) is 0 Å². The van der Waals surface area contributed by atoms with Gasteiger partial charge in [-0.15, -0.1) is 0 Å². The molecule has 2 aromatic carbocycles. The third kappa shape index (κ3) is 4.38. The van der Waals surface area contributed by atoms with Gasteiger partial charge in [-0.05, 0) is 55.1 Å². The van der Waals surface area contributed by atoms with Crippen molar-refractivity contribution in [2.24, 2.45) is 5.92 Å². The summed E-state index contributed by atoms with van der Waals surface area (Å²) < 4.78 is 6.46. The van der Waals surface area contributed by atoms with E-state index in [1.165, 1.54) is 6.92 Å². The number of anilines is 1. The highest BCUT2D eigenvalue weighted by molar-refractivity contribution is 6.35. The summed E-state index contributed by atoms with van der Waals surface area (Å²) >= 11 is 12.8. The van der Waals surface area contributed by atoms with Gasteiger partial charge < -0.3 is 15.2 Å². The SMILES string of the molecule is CC(=O)Nc1cccc(O[C@H]2c3cc(Cl)cc(Cl)c3C[C@@H]2N2CC[C@@H](CO)C2)c1. The zero-order chi connectivity index (χ0) is 20.5. The number of carbonyl (C=O) groups is 1. The fourth-order valence-corrected chi connectivity index (χ4v) is 4.97. The van der Waals surface area contributed by atoms with E-state index in [2.05, 4.69) is 10.2 Å². The van der Waals surface area contributed by atoms with Crippen molar-refractivity contribution in [2.75, 3.05) is 25.0 Å². The fraction of sp³-hybridized carbons (Fsp3) is 0.409. The van der Waals surface area contributed by atoms with Crippen molar-refractivity contribution in [3.8, 4) is 5.75 Å². The normalized spacial score (nSPS) is 23.8. The third-order valence-corrected chi connectivity index (χ3v) is 6.28. The van der Waals surface area contributed by atoms with Gasteiger partial charge in [0, 0.05) is 47.4 Å². The lowest BCUT2D eigenvalue weighted by atomic mass is 10.1. The van der Waals surface area contributed by atoms with Gasteiger partial charge in [0.2, 0.25) is 5.91 Å². The summed E-state index contributed by atoms with van der Waals surface area (Å²) in [5.74, 6) is 0.839. The Labute approximate surface area is 180 Å². The Hall–Kier alpha value is -1.79. The van der Waals surface area contributed by atoms with Crippen LogP contribution in [0.25, 0.3) is 0 Å². The zero-order valence-corrected chi connectivity index (χ0v) is 17.7. The maximum Gasteiger partial charge on any atom is 0.221 e. The molecule has 2 N–H and O–H groups in total. The molecule has 3 atom stereocenters. The van der Waals surface area contributed by atoms with Crippen LogP contribution in [0.5, 0.6) is 5.75 Å². The summed E-state index contributed by atoms with van der Waals surface area (Å²) in [6.07, 6.45) is 1.52. The lowest BCUT2D eigenvalue weighted by molar-refractivity contribution is -0.114. The Bertz CT molecular complexity index is 921.